The van der Waals surface area contributed by atoms with E-state index in [1.807, 2.05) is 38.2 Å². The first kappa shape index (κ1) is 16.5. The van der Waals surface area contributed by atoms with Crippen molar-refractivity contribution in [1.82, 2.24) is 9.62 Å². The van der Waals surface area contributed by atoms with Gasteiger partial charge >= 0.3 is 0 Å². The highest BCUT2D eigenvalue weighted by molar-refractivity contribution is 7.88. The number of hydrogen-bond acceptors (Lipinski definition) is 3. The zero-order valence-corrected chi connectivity index (χ0v) is 14.0. The predicted molar refractivity (Wildman–Crippen MR) is 86.4 cm³/mol. The molecule has 0 amide bonds. The zero-order chi connectivity index (χ0) is 15.5. The predicted octanol–water partition coefficient (Wildman–Crippen LogP) is 2.36. The molecule has 1 aliphatic heterocycles. The average molecular weight is 310 g/mol. The summed E-state index contributed by atoms with van der Waals surface area (Å²) in [5.74, 6) is 0.549. The largest absolute Gasteiger partial charge is 0.316 e. The number of piperidine rings is 1. The molecule has 0 aromatic heterocycles. The van der Waals surface area contributed by atoms with Crippen molar-refractivity contribution in [3.8, 4) is 0 Å². The van der Waals surface area contributed by atoms with E-state index in [1.165, 1.54) is 0 Å². The summed E-state index contributed by atoms with van der Waals surface area (Å²) < 4.78 is 27.1. The van der Waals surface area contributed by atoms with Gasteiger partial charge in [-0.25, -0.2) is 8.42 Å². The van der Waals surface area contributed by atoms with Crippen LogP contribution in [0.2, 0.25) is 0 Å². The van der Waals surface area contributed by atoms with Crippen molar-refractivity contribution in [3.63, 3.8) is 0 Å². The quantitative estimate of drug-likeness (QED) is 0.908. The van der Waals surface area contributed by atoms with Gasteiger partial charge in [0.1, 0.15) is 0 Å². The Hall–Kier alpha value is -0.910. The number of benzene rings is 1. The minimum absolute atomic E-state index is 0.0988. The molecular formula is C16H26N2O2S. The highest BCUT2D eigenvalue weighted by Gasteiger charge is 2.32. The van der Waals surface area contributed by atoms with Crippen LogP contribution in [0.4, 0.5) is 0 Å². The van der Waals surface area contributed by atoms with Gasteiger partial charge in [-0.15, -0.1) is 0 Å². The van der Waals surface area contributed by atoms with Crippen LogP contribution >= 0.6 is 0 Å². The highest BCUT2D eigenvalue weighted by atomic mass is 32.2. The fourth-order valence-electron chi connectivity index (χ4n) is 2.96. The molecule has 1 saturated heterocycles. The Morgan fingerprint density at radius 2 is 1.95 bits per heavy atom. The standard InChI is InChI=1S/C16H26N2O2S/c1-13-7-8-14(2)18(11-13)21(19,20)12-16-6-4-5-15(9-16)10-17-3/h4-6,9,13-14,17H,7-8,10-12H2,1-3H3. The van der Waals surface area contributed by atoms with E-state index in [4.69, 9.17) is 0 Å². The lowest BCUT2D eigenvalue weighted by molar-refractivity contribution is 0.217. The average Bonchev–Trinajstić information content (AvgIpc) is 2.42. The van der Waals surface area contributed by atoms with E-state index in [0.29, 0.717) is 12.5 Å². The second kappa shape index (κ2) is 6.90. The maximum Gasteiger partial charge on any atom is 0.218 e. The third-order valence-electron chi connectivity index (χ3n) is 4.14. The molecule has 1 aromatic rings. The van der Waals surface area contributed by atoms with E-state index < -0.39 is 10.0 Å². The molecule has 2 unspecified atom stereocenters. The summed E-state index contributed by atoms with van der Waals surface area (Å²) in [4.78, 5) is 0. The van der Waals surface area contributed by atoms with Crippen molar-refractivity contribution < 1.29 is 8.42 Å². The Balaban J connectivity index is 2.14. The molecule has 4 nitrogen and oxygen atoms in total. The van der Waals surface area contributed by atoms with Gasteiger partial charge in [-0.05, 0) is 43.9 Å². The van der Waals surface area contributed by atoms with Crippen molar-refractivity contribution in [2.75, 3.05) is 13.6 Å². The van der Waals surface area contributed by atoms with E-state index >= 15 is 0 Å². The molecule has 1 N–H and O–H groups in total. The van der Waals surface area contributed by atoms with Gasteiger partial charge in [0.05, 0.1) is 5.75 Å². The normalized spacial score (nSPS) is 24.1. The maximum atomic E-state index is 12.7. The Labute approximate surface area is 128 Å². The molecule has 2 rings (SSSR count). The minimum atomic E-state index is -3.24. The van der Waals surface area contributed by atoms with Crippen molar-refractivity contribution in [3.05, 3.63) is 35.4 Å². The van der Waals surface area contributed by atoms with Crippen molar-refractivity contribution in [2.45, 2.75) is 45.0 Å². The lowest BCUT2D eigenvalue weighted by Gasteiger charge is -2.35. The molecular weight excluding hydrogens is 284 g/mol. The molecule has 1 fully saturated rings. The molecule has 0 aliphatic carbocycles. The number of sulfonamides is 1. The van der Waals surface area contributed by atoms with Crippen LogP contribution in [0, 0.1) is 5.92 Å². The van der Waals surface area contributed by atoms with Crippen LogP contribution in [0.1, 0.15) is 37.8 Å². The van der Waals surface area contributed by atoms with Gasteiger partial charge in [-0.2, -0.15) is 4.31 Å². The topological polar surface area (TPSA) is 49.4 Å². The molecule has 2 atom stereocenters. The molecule has 1 aromatic carbocycles. The first-order chi connectivity index (χ1) is 9.92. The van der Waals surface area contributed by atoms with Gasteiger partial charge in [0.2, 0.25) is 10.0 Å². The number of nitrogens with one attached hydrogen (secondary N) is 1. The summed E-state index contributed by atoms with van der Waals surface area (Å²) in [6, 6.07) is 7.94. The molecule has 0 bridgehead atoms. The summed E-state index contributed by atoms with van der Waals surface area (Å²) in [6.45, 7) is 5.55. The van der Waals surface area contributed by atoms with E-state index in [2.05, 4.69) is 12.2 Å². The van der Waals surface area contributed by atoms with Crippen LogP contribution in [-0.2, 0) is 22.3 Å². The van der Waals surface area contributed by atoms with Gasteiger partial charge < -0.3 is 5.32 Å². The zero-order valence-electron chi connectivity index (χ0n) is 13.2. The monoisotopic (exact) mass is 310 g/mol. The van der Waals surface area contributed by atoms with E-state index in [1.54, 1.807) is 4.31 Å². The molecule has 118 valence electrons. The molecule has 1 aliphatic rings. The minimum Gasteiger partial charge on any atom is -0.316 e. The van der Waals surface area contributed by atoms with E-state index in [9.17, 15) is 8.42 Å². The SMILES string of the molecule is CNCc1cccc(CS(=O)(=O)N2CC(C)CCC2C)c1. The lowest BCUT2D eigenvalue weighted by Crippen LogP contribution is -2.45. The van der Waals surface area contributed by atoms with Gasteiger partial charge in [0, 0.05) is 19.1 Å². The van der Waals surface area contributed by atoms with Crippen LogP contribution in [0.15, 0.2) is 24.3 Å². The number of hydrogen-bond donors (Lipinski definition) is 1. The van der Waals surface area contributed by atoms with Gasteiger partial charge in [0.15, 0.2) is 0 Å². The molecule has 5 heteroatoms. The van der Waals surface area contributed by atoms with Crippen LogP contribution in [0.25, 0.3) is 0 Å². The Morgan fingerprint density at radius 3 is 2.67 bits per heavy atom. The van der Waals surface area contributed by atoms with Gasteiger partial charge in [-0.3, -0.25) is 0 Å². The maximum absolute atomic E-state index is 12.7. The lowest BCUT2D eigenvalue weighted by atomic mass is 9.97. The molecule has 0 radical (unpaired) electrons. The number of nitrogens with zero attached hydrogens (tertiary/aromatic N) is 1. The van der Waals surface area contributed by atoms with Crippen LogP contribution in [0.3, 0.4) is 0 Å². The summed E-state index contributed by atoms with van der Waals surface area (Å²) in [5, 5.41) is 3.09. The van der Waals surface area contributed by atoms with Crippen LogP contribution < -0.4 is 5.32 Å². The summed E-state index contributed by atoms with van der Waals surface area (Å²) in [6.07, 6.45) is 2.07. The summed E-state index contributed by atoms with van der Waals surface area (Å²) in [7, 11) is -1.35. The molecule has 0 spiro atoms. The Bertz CT molecular complexity index is 571. The molecule has 0 saturated carbocycles. The van der Waals surface area contributed by atoms with E-state index in [-0.39, 0.29) is 11.8 Å². The third-order valence-corrected chi connectivity index (χ3v) is 6.06. The fraction of sp³-hybridized carbons (Fsp3) is 0.625. The Morgan fingerprint density at radius 1 is 1.24 bits per heavy atom. The summed E-state index contributed by atoms with van der Waals surface area (Å²) >= 11 is 0. The molecule has 21 heavy (non-hydrogen) atoms. The number of rotatable bonds is 5. The van der Waals surface area contributed by atoms with Crippen molar-refractivity contribution in [1.29, 1.82) is 0 Å². The van der Waals surface area contributed by atoms with Crippen molar-refractivity contribution >= 4 is 10.0 Å². The molecule has 1 heterocycles. The van der Waals surface area contributed by atoms with Crippen LogP contribution in [0.5, 0.6) is 0 Å². The van der Waals surface area contributed by atoms with Crippen molar-refractivity contribution in [2.24, 2.45) is 5.92 Å². The highest BCUT2D eigenvalue weighted by Crippen LogP contribution is 2.26. The Kier molecular flexibility index (Phi) is 5.41. The van der Waals surface area contributed by atoms with Gasteiger partial charge in [0.25, 0.3) is 0 Å². The third kappa shape index (κ3) is 4.28. The first-order valence-electron chi connectivity index (χ1n) is 7.64. The second-order valence-electron chi connectivity index (χ2n) is 6.21. The summed E-state index contributed by atoms with van der Waals surface area (Å²) in [5.41, 5.74) is 1.98. The van der Waals surface area contributed by atoms with Crippen LogP contribution in [-0.4, -0.2) is 32.4 Å². The fourth-order valence-corrected chi connectivity index (χ4v) is 4.86. The first-order valence-corrected chi connectivity index (χ1v) is 9.25. The second-order valence-corrected chi connectivity index (χ2v) is 8.13. The smallest absolute Gasteiger partial charge is 0.218 e. The van der Waals surface area contributed by atoms with Gasteiger partial charge in [-0.1, -0.05) is 31.2 Å². The van der Waals surface area contributed by atoms with E-state index in [0.717, 1.165) is 30.5 Å².